The molecule has 5 heteroatoms. The fourth-order valence-corrected chi connectivity index (χ4v) is 3.44. The van der Waals surface area contributed by atoms with Crippen molar-refractivity contribution in [1.29, 1.82) is 0 Å². The van der Waals surface area contributed by atoms with Crippen LogP contribution in [0.15, 0.2) is 0 Å². The van der Waals surface area contributed by atoms with Crippen molar-refractivity contribution in [2.45, 2.75) is 31.7 Å². The molecule has 0 bridgehead atoms. The summed E-state index contributed by atoms with van der Waals surface area (Å²) in [5.41, 5.74) is 0. The van der Waals surface area contributed by atoms with Crippen molar-refractivity contribution in [3.63, 3.8) is 0 Å². The molecule has 0 aliphatic carbocycles. The number of nitrogens with zero attached hydrogens (tertiary/aromatic N) is 3. The number of piperidine rings is 1. The van der Waals surface area contributed by atoms with E-state index in [1.165, 1.54) is 19.3 Å². The molecular weight excluding hydrogens is 242 g/mol. The predicted octanol–water partition coefficient (Wildman–Crippen LogP) is 0.999. The van der Waals surface area contributed by atoms with E-state index >= 15 is 0 Å². The highest BCUT2D eigenvalue weighted by molar-refractivity contribution is 5.74. The van der Waals surface area contributed by atoms with Crippen molar-refractivity contribution < 1.29 is 9.53 Å². The van der Waals surface area contributed by atoms with Crippen molar-refractivity contribution >= 4 is 6.03 Å². The Morgan fingerprint density at radius 3 is 2.37 bits per heavy atom. The molecule has 3 rings (SSSR count). The smallest absolute Gasteiger partial charge is 0.320 e. The third-order valence-corrected chi connectivity index (χ3v) is 4.62. The molecule has 5 nitrogen and oxygen atoms in total. The number of urea groups is 1. The highest BCUT2D eigenvalue weighted by Crippen LogP contribution is 2.20. The molecule has 0 aromatic rings. The van der Waals surface area contributed by atoms with Gasteiger partial charge in [0.05, 0.1) is 13.2 Å². The molecular formula is C14H25N3O2. The van der Waals surface area contributed by atoms with Crippen LogP contribution >= 0.6 is 0 Å². The third kappa shape index (κ3) is 3.03. The third-order valence-electron chi connectivity index (χ3n) is 4.62. The molecule has 0 aromatic heterocycles. The number of hydrogen-bond donors (Lipinski definition) is 0. The number of rotatable bonds is 1. The number of likely N-dealkylation sites (tertiary alicyclic amines) is 2. The van der Waals surface area contributed by atoms with Gasteiger partial charge in [0, 0.05) is 45.3 Å². The lowest BCUT2D eigenvalue weighted by molar-refractivity contribution is 0.0188. The van der Waals surface area contributed by atoms with Crippen molar-refractivity contribution in [2.24, 2.45) is 0 Å². The molecule has 0 aromatic carbocycles. The molecule has 0 radical (unpaired) electrons. The molecule has 108 valence electrons. The number of morpholine rings is 1. The average molecular weight is 267 g/mol. The molecule has 19 heavy (non-hydrogen) atoms. The second kappa shape index (κ2) is 6.09. The minimum Gasteiger partial charge on any atom is -0.379 e. The fraction of sp³-hybridized carbons (Fsp3) is 0.929. The summed E-state index contributed by atoms with van der Waals surface area (Å²) >= 11 is 0. The Labute approximate surface area is 115 Å². The van der Waals surface area contributed by atoms with Crippen LogP contribution in [0, 0.1) is 0 Å². The maximum Gasteiger partial charge on any atom is 0.320 e. The largest absolute Gasteiger partial charge is 0.379 e. The van der Waals surface area contributed by atoms with Gasteiger partial charge in [-0.3, -0.25) is 4.90 Å². The first-order chi connectivity index (χ1) is 9.34. The van der Waals surface area contributed by atoms with Gasteiger partial charge in [0.25, 0.3) is 0 Å². The monoisotopic (exact) mass is 267 g/mol. The number of hydrogen-bond acceptors (Lipinski definition) is 3. The number of ether oxygens (including phenoxy) is 1. The molecule has 0 N–H and O–H groups in total. The Morgan fingerprint density at radius 2 is 1.63 bits per heavy atom. The van der Waals surface area contributed by atoms with E-state index in [1.54, 1.807) is 0 Å². The molecule has 1 atom stereocenters. The zero-order chi connectivity index (χ0) is 13.1. The summed E-state index contributed by atoms with van der Waals surface area (Å²) in [6, 6.07) is 0.827. The summed E-state index contributed by atoms with van der Waals surface area (Å²) in [6.07, 6.45) is 4.75. The fourth-order valence-electron chi connectivity index (χ4n) is 3.44. The predicted molar refractivity (Wildman–Crippen MR) is 73.2 cm³/mol. The van der Waals surface area contributed by atoms with Crippen molar-refractivity contribution in [3.05, 3.63) is 0 Å². The molecule has 3 heterocycles. The van der Waals surface area contributed by atoms with Gasteiger partial charge >= 0.3 is 6.03 Å². The second-order valence-electron chi connectivity index (χ2n) is 5.87. The van der Waals surface area contributed by atoms with Crippen LogP contribution in [0.25, 0.3) is 0 Å². The quantitative estimate of drug-likeness (QED) is 0.711. The summed E-state index contributed by atoms with van der Waals surface area (Å²) in [6.45, 7) is 7.49. The maximum absolute atomic E-state index is 12.4. The Kier molecular flexibility index (Phi) is 4.23. The van der Waals surface area contributed by atoms with E-state index in [0.29, 0.717) is 6.04 Å². The van der Waals surface area contributed by atoms with Crippen LogP contribution in [0.5, 0.6) is 0 Å². The molecule has 3 saturated heterocycles. The Hall–Kier alpha value is -0.810. The van der Waals surface area contributed by atoms with E-state index in [0.717, 1.165) is 58.9 Å². The van der Waals surface area contributed by atoms with E-state index in [4.69, 9.17) is 4.74 Å². The zero-order valence-electron chi connectivity index (χ0n) is 11.7. The Morgan fingerprint density at radius 1 is 0.895 bits per heavy atom. The number of carbonyl (C=O) groups is 1. The van der Waals surface area contributed by atoms with Crippen molar-refractivity contribution in [2.75, 3.05) is 52.5 Å². The van der Waals surface area contributed by atoms with Crippen LogP contribution in [0.2, 0.25) is 0 Å². The molecule has 2 amide bonds. The first-order valence-electron chi connectivity index (χ1n) is 7.70. The molecule has 0 spiro atoms. The van der Waals surface area contributed by atoms with Gasteiger partial charge < -0.3 is 14.5 Å². The highest BCUT2D eigenvalue weighted by atomic mass is 16.5. The van der Waals surface area contributed by atoms with E-state index in [-0.39, 0.29) is 6.03 Å². The molecule has 0 saturated carbocycles. The van der Waals surface area contributed by atoms with Gasteiger partial charge in [0.15, 0.2) is 0 Å². The normalized spacial score (nSPS) is 29.8. The molecule has 3 aliphatic rings. The van der Waals surface area contributed by atoms with Crippen LogP contribution in [-0.4, -0.2) is 79.3 Å². The van der Waals surface area contributed by atoms with Gasteiger partial charge in [0.1, 0.15) is 0 Å². The number of amides is 2. The Balaban J connectivity index is 1.51. The second-order valence-corrected chi connectivity index (χ2v) is 5.87. The highest BCUT2D eigenvalue weighted by Gasteiger charge is 2.33. The molecule has 3 aliphatic heterocycles. The molecule has 3 fully saturated rings. The van der Waals surface area contributed by atoms with Crippen LogP contribution < -0.4 is 0 Å². The van der Waals surface area contributed by atoms with E-state index in [9.17, 15) is 4.79 Å². The lowest BCUT2D eigenvalue weighted by Crippen LogP contribution is -2.48. The standard InChI is InChI=1S/C14H25N3O2/c18-14(16-5-2-1-3-6-16)17-7-4-13(12-17)15-8-10-19-11-9-15/h13H,1-12H2. The van der Waals surface area contributed by atoms with E-state index in [2.05, 4.69) is 9.80 Å². The minimum absolute atomic E-state index is 0.274. The van der Waals surface area contributed by atoms with Gasteiger partial charge in [-0.2, -0.15) is 0 Å². The van der Waals surface area contributed by atoms with Crippen molar-refractivity contribution in [1.82, 2.24) is 14.7 Å². The first-order valence-corrected chi connectivity index (χ1v) is 7.70. The summed E-state index contributed by atoms with van der Waals surface area (Å²) in [4.78, 5) is 19.0. The van der Waals surface area contributed by atoms with Gasteiger partial charge in [-0.25, -0.2) is 4.79 Å². The maximum atomic E-state index is 12.4. The van der Waals surface area contributed by atoms with Gasteiger partial charge in [-0.1, -0.05) is 0 Å². The van der Waals surface area contributed by atoms with Crippen LogP contribution in [0.3, 0.4) is 0 Å². The summed E-state index contributed by atoms with van der Waals surface area (Å²) in [7, 11) is 0. The van der Waals surface area contributed by atoms with E-state index in [1.807, 2.05) is 4.90 Å². The topological polar surface area (TPSA) is 36.0 Å². The minimum atomic E-state index is 0.274. The zero-order valence-corrected chi connectivity index (χ0v) is 11.7. The van der Waals surface area contributed by atoms with Crippen molar-refractivity contribution in [3.8, 4) is 0 Å². The molecule has 1 unspecified atom stereocenters. The van der Waals surface area contributed by atoms with Crippen LogP contribution in [0.4, 0.5) is 4.79 Å². The van der Waals surface area contributed by atoms with Crippen LogP contribution in [0.1, 0.15) is 25.7 Å². The number of carbonyl (C=O) groups excluding carboxylic acids is 1. The lowest BCUT2D eigenvalue weighted by atomic mass is 10.1. The van der Waals surface area contributed by atoms with Gasteiger partial charge in [-0.15, -0.1) is 0 Å². The lowest BCUT2D eigenvalue weighted by Gasteiger charge is -2.33. The summed E-state index contributed by atoms with van der Waals surface area (Å²) in [5, 5.41) is 0. The van der Waals surface area contributed by atoms with Gasteiger partial charge in [-0.05, 0) is 25.7 Å². The van der Waals surface area contributed by atoms with Gasteiger partial charge in [0.2, 0.25) is 0 Å². The summed E-state index contributed by atoms with van der Waals surface area (Å²) in [5.74, 6) is 0. The summed E-state index contributed by atoms with van der Waals surface area (Å²) < 4.78 is 5.40. The van der Waals surface area contributed by atoms with Crippen LogP contribution in [-0.2, 0) is 4.74 Å². The van der Waals surface area contributed by atoms with E-state index < -0.39 is 0 Å². The SMILES string of the molecule is O=C(N1CCCCC1)N1CCC(N2CCOCC2)C1. The average Bonchev–Trinajstić information content (AvgIpc) is 2.98. The first kappa shape index (κ1) is 13.2. The Bertz CT molecular complexity index is 312.